The van der Waals surface area contributed by atoms with Crippen LogP contribution in [0.25, 0.3) is 10.8 Å². The molecule has 0 aliphatic heterocycles. The van der Waals surface area contributed by atoms with Crippen molar-refractivity contribution in [1.82, 2.24) is 4.57 Å². The van der Waals surface area contributed by atoms with Gasteiger partial charge in [0, 0.05) is 6.42 Å². The summed E-state index contributed by atoms with van der Waals surface area (Å²) >= 11 is 12.3. The molecular weight excluding hydrogens is 335 g/mol. The van der Waals surface area contributed by atoms with E-state index in [-0.39, 0.29) is 11.7 Å². The Morgan fingerprint density at radius 3 is 2.65 bits per heavy atom. The molecule has 0 saturated carbocycles. The van der Waals surface area contributed by atoms with Gasteiger partial charge in [0.25, 0.3) is 10.3 Å². The summed E-state index contributed by atoms with van der Waals surface area (Å²) in [5, 5.41) is 11.9. The van der Waals surface area contributed by atoms with Gasteiger partial charge >= 0.3 is 5.97 Å². The summed E-state index contributed by atoms with van der Waals surface area (Å²) in [6, 6.07) is 14.4. The largest absolute Gasteiger partial charge is 0.478 e. The number of imidazole rings is 1. The second-order valence-corrected chi connectivity index (χ2v) is 6.02. The standard InChI is InChI=1S/C17H14Cl2N2O2/c18-16-17(19)21(10-15(22)23)11-20(16)9-8-13-6-3-5-12-4-1-2-7-14(12)13/h1-7,11H,8-10H2/p+1. The second kappa shape index (κ2) is 6.60. The van der Waals surface area contributed by atoms with Crippen LogP contribution in [0.2, 0.25) is 10.3 Å². The van der Waals surface area contributed by atoms with Gasteiger partial charge in [0.05, 0.1) is 6.54 Å². The van der Waals surface area contributed by atoms with Crippen LogP contribution in [0.15, 0.2) is 48.8 Å². The first-order valence-electron chi connectivity index (χ1n) is 7.18. The molecule has 118 valence electrons. The molecular formula is C17H15Cl2N2O2+. The number of halogens is 2. The molecule has 0 spiro atoms. The Bertz CT molecular complexity index is 869. The minimum absolute atomic E-state index is 0.209. The predicted octanol–water partition coefficient (Wildman–Crippen LogP) is 3.56. The Balaban J connectivity index is 1.84. The maximum atomic E-state index is 10.8. The molecule has 3 rings (SSSR count). The van der Waals surface area contributed by atoms with E-state index < -0.39 is 5.97 Å². The zero-order chi connectivity index (χ0) is 16.4. The van der Waals surface area contributed by atoms with E-state index in [2.05, 4.69) is 24.3 Å². The molecule has 0 aliphatic rings. The molecule has 1 aromatic heterocycles. The lowest BCUT2D eigenvalue weighted by Gasteiger charge is -2.05. The van der Waals surface area contributed by atoms with Gasteiger partial charge in [-0.25, -0.2) is 13.9 Å². The highest BCUT2D eigenvalue weighted by Crippen LogP contribution is 2.22. The number of nitrogens with zero attached hydrogens (tertiary/aromatic N) is 2. The Hall–Kier alpha value is -2.04. The zero-order valence-electron chi connectivity index (χ0n) is 12.2. The van der Waals surface area contributed by atoms with Crippen LogP contribution in [-0.4, -0.2) is 15.6 Å². The van der Waals surface area contributed by atoms with Crippen molar-refractivity contribution in [2.75, 3.05) is 0 Å². The zero-order valence-corrected chi connectivity index (χ0v) is 13.8. The van der Waals surface area contributed by atoms with Gasteiger partial charge in [-0.3, -0.25) is 0 Å². The van der Waals surface area contributed by atoms with Crippen molar-refractivity contribution in [3.05, 3.63) is 64.7 Å². The van der Waals surface area contributed by atoms with Crippen molar-refractivity contribution in [1.29, 1.82) is 0 Å². The third-order valence-corrected chi connectivity index (χ3v) is 4.65. The molecule has 1 N–H and O–H groups in total. The molecule has 1 heterocycles. The first-order valence-corrected chi connectivity index (χ1v) is 7.94. The maximum absolute atomic E-state index is 10.8. The van der Waals surface area contributed by atoms with Gasteiger partial charge in [0.1, 0.15) is 0 Å². The number of rotatable bonds is 5. The van der Waals surface area contributed by atoms with Crippen LogP contribution in [0.4, 0.5) is 0 Å². The third kappa shape index (κ3) is 3.33. The number of aromatic nitrogens is 2. The number of aliphatic carboxylic acids is 1. The topological polar surface area (TPSA) is 46.1 Å². The highest BCUT2D eigenvalue weighted by Gasteiger charge is 2.21. The van der Waals surface area contributed by atoms with E-state index in [0.717, 1.165) is 6.42 Å². The van der Waals surface area contributed by atoms with Gasteiger partial charge in [0.15, 0.2) is 6.54 Å². The normalized spacial score (nSPS) is 11.0. The van der Waals surface area contributed by atoms with Gasteiger partial charge in [-0.15, -0.1) is 0 Å². The van der Waals surface area contributed by atoms with E-state index >= 15 is 0 Å². The summed E-state index contributed by atoms with van der Waals surface area (Å²) in [5.74, 6) is -0.959. The van der Waals surface area contributed by atoms with Crippen LogP contribution in [0.3, 0.4) is 0 Å². The summed E-state index contributed by atoms with van der Waals surface area (Å²) < 4.78 is 3.20. The highest BCUT2D eigenvalue weighted by molar-refractivity contribution is 6.39. The van der Waals surface area contributed by atoms with Crippen molar-refractivity contribution in [3.8, 4) is 0 Å². The number of aryl methyl sites for hydroxylation is 2. The van der Waals surface area contributed by atoms with Crippen LogP contribution in [0, 0.1) is 0 Å². The minimum atomic E-state index is -0.959. The molecule has 0 unspecified atom stereocenters. The lowest BCUT2D eigenvalue weighted by molar-refractivity contribution is -0.683. The van der Waals surface area contributed by atoms with E-state index in [1.807, 2.05) is 18.2 Å². The van der Waals surface area contributed by atoms with Crippen LogP contribution >= 0.6 is 23.2 Å². The summed E-state index contributed by atoms with van der Waals surface area (Å²) in [5.41, 5.74) is 1.22. The molecule has 0 aliphatic carbocycles. The van der Waals surface area contributed by atoms with Crippen molar-refractivity contribution in [3.63, 3.8) is 0 Å². The molecule has 0 bridgehead atoms. The van der Waals surface area contributed by atoms with E-state index in [0.29, 0.717) is 11.7 Å². The summed E-state index contributed by atoms with van der Waals surface area (Å²) in [6.45, 7) is 0.416. The van der Waals surface area contributed by atoms with Crippen molar-refractivity contribution < 1.29 is 14.5 Å². The molecule has 4 nitrogen and oxygen atoms in total. The van der Waals surface area contributed by atoms with Gasteiger partial charge in [-0.05, 0) is 39.5 Å². The molecule has 6 heteroatoms. The lowest BCUT2D eigenvalue weighted by Crippen LogP contribution is -2.37. The number of carboxylic acids is 1. The van der Waals surface area contributed by atoms with E-state index in [1.54, 1.807) is 10.9 Å². The molecule has 23 heavy (non-hydrogen) atoms. The third-order valence-electron chi connectivity index (χ3n) is 3.76. The van der Waals surface area contributed by atoms with Gasteiger partial charge in [-0.2, -0.15) is 0 Å². The van der Waals surface area contributed by atoms with Crippen molar-refractivity contribution in [2.24, 2.45) is 0 Å². The predicted molar refractivity (Wildman–Crippen MR) is 89.9 cm³/mol. The second-order valence-electron chi connectivity index (χ2n) is 5.30. The average molecular weight is 350 g/mol. The van der Waals surface area contributed by atoms with Crippen LogP contribution in [-0.2, 0) is 24.3 Å². The SMILES string of the molecule is O=C(O)C[n+]1cn(CCc2cccc3ccccc23)c(Cl)c1Cl. The first-order chi connectivity index (χ1) is 11.1. The Kier molecular flexibility index (Phi) is 4.55. The first kappa shape index (κ1) is 15.8. The fraction of sp³-hybridized carbons (Fsp3) is 0.176. The average Bonchev–Trinajstić information content (AvgIpc) is 2.80. The number of hydrogen-bond acceptors (Lipinski definition) is 1. The van der Waals surface area contributed by atoms with E-state index in [9.17, 15) is 4.79 Å². The molecule has 3 aromatic rings. The Labute approximate surface area is 143 Å². The molecule has 0 atom stereocenters. The van der Waals surface area contributed by atoms with E-state index in [1.165, 1.54) is 20.9 Å². The van der Waals surface area contributed by atoms with Crippen molar-refractivity contribution >= 4 is 39.9 Å². The molecule has 2 aromatic carbocycles. The van der Waals surface area contributed by atoms with Gasteiger partial charge < -0.3 is 5.11 Å². The molecule has 0 amide bonds. The number of fused-ring (bicyclic) bond motifs is 1. The number of benzene rings is 2. The van der Waals surface area contributed by atoms with Crippen molar-refractivity contribution in [2.45, 2.75) is 19.5 Å². The Morgan fingerprint density at radius 1 is 1.13 bits per heavy atom. The van der Waals surface area contributed by atoms with Gasteiger partial charge in [0.2, 0.25) is 6.33 Å². The summed E-state index contributed by atoms with van der Waals surface area (Å²) in [7, 11) is 0. The Morgan fingerprint density at radius 2 is 1.87 bits per heavy atom. The quantitative estimate of drug-likeness (QED) is 0.715. The number of carbonyl (C=O) groups is 1. The summed E-state index contributed by atoms with van der Waals surface area (Å²) in [4.78, 5) is 10.8. The number of carboxylic acid groups (broad SMARTS) is 1. The number of hydrogen-bond donors (Lipinski definition) is 1. The minimum Gasteiger partial charge on any atom is -0.478 e. The van der Waals surface area contributed by atoms with Crippen LogP contribution < -0.4 is 4.57 Å². The summed E-state index contributed by atoms with van der Waals surface area (Å²) in [6.07, 6.45) is 2.42. The fourth-order valence-electron chi connectivity index (χ4n) is 2.67. The lowest BCUT2D eigenvalue weighted by atomic mass is 10.0. The molecule has 0 fully saturated rings. The fourth-order valence-corrected chi connectivity index (χ4v) is 3.12. The van der Waals surface area contributed by atoms with E-state index in [4.69, 9.17) is 28.3 Å². The smallest absolute Gasteiger partial charge is 0.346 e. The molecule has 0 saturated heterocycles. The molecule has 0 radical (unpaired) electrons. The highest BCUT2D eigenvalue weighted by atomic mass is 35.5. The monoisotopic (exact) mass is 349 g/mol. The van der Waals surface area contributed by atoms with Crippen LogP contribution in [0.5, 0.6) is 0 Å². The van der Waals surface area contributed by atoms with Gasteiger partial charge in [-0.1, -0.05) is 42.5 Å². The maximum Gasteiger partial charge on any atom is 0.346 e. The van der Waals surface area contributed by atoms with Crippen LogP contribution in [0.1, 0.15) is 5.56 Å².